The van der Waals surface area contributed by atoms with Crippen LogP contribution in [0.3, 0.4) is 0 Å². The summed E-state index contributed by atoms with van der Waals surface area (Å²) >= 11 is 6.33. The van der Waals surface area contributed by atoms with Crippen molar-refractivity contribution in [2.24, 2.45) is 5.92 Å². The Hall–Kier alpha value is -2.74. The molecule has 1 saturated heterocycles. The number of ether oxygens (including phenoxy) is 3. The molecule has 0 spiro atoms. The molecule has 0 aliphatic carbocycles. The van der Waals surface area contributed by atoms with E-state index >= 15 is 0 Å². The van der Waals surface area contributed by atoms with Gasteiger partial charge in [0.2, 0.25) is 0 Å². The summed E-state index contributed by atoms with van der Waals surface area (Å²) in [5.41, 5.74) is 4.29. The van der Waals surface area contributed by atoms with Gasteiger partial charge in [-0.3, -0.25) is 9.80 Å². The van der Waals surface area contributed by atoms with Crippen LogP contribution in [0.25, 0.3) is 10.9 Å². The van der Waals surface area contributed by atoms with Gasteiger partial charge in [0.25, 0.3) is 0 Å². The molecule has 8 heteroatoms. The van der Waals surface area contributed by atoms with Crippen molar-refractivity contribution >= 4 is 28.6 Å². The number of carbonyl (C=O) groups is 1. The average Bonchev–Trinajstić information content (AvgIpc) is 3.33. The number of fused-ring (bicyclic) bond motifs is 3. The number of hydrogen-bond donors (Lipinski definition) is 1. The first kappa shape index (κ1) is 28.8. The Labute approximate surface area is 242 Å². The fourth-order valence-corrected chi connectivity index (χ4v) is 5.85. The Morgan fingerprint density at radius 1 is 1.05 bits per heavy atom. The quantitative estimate of drug-likeness (QED) is 0.257. The third-order valence-corrected chi connectivity index (χ3v) is 8.04. The maximum absolute atomic E-state index is 13.2. The Morgan fingerprint density at radius 2 is 1.82 bits per heavy atom. The number of carbonyl (C=O) groups excluding carboxylic acids is 1. The van der Waals surface area contributed by atoms with Crippen molar-refractivity contribution in [1.29, 1.82) is 0 Å². The molecule has 40 heavy (non-hydrogen) atoms. The van der Waals surface area contributed by atoms with E-state index in [-0.39, 0.29) is 18.1 Å². The lowest BCUT2D eigenvalue weighted by Gasteiger charge is -2.35. The van der Waals surface area contributed by atoms with Crippen molar-refractivity contribution in [3.8, 4) is 5.75 Å². The number of morpholine rings is 1. The lowest BCUT2D eigenvalue weighted by atomic mass is 9.92. The number of halogens is 1. The normalized spacial score (nSPS) is 17.8. The minimum atomic E-state index is -0.282. The van der Waals surface area contributed by atoms with Crippen LogP contribution in [-0.4, -0.2) is 73.5 Å². The summed E-state index contributed by atoms with van der Waals surface area (Å²) in [6.07, 6.45) is 5.14. The number of H-pyrrole nitrogens is 1. The Kier molecular flexibility index (Phi) is 9.89. The second kappa shape index (κ2) is 13.7. The lowest BCUT2D eigenvalue weighted by Crippen LogP contribution is -2.41. The molecular weight excluding hydrogens is 526 g/mol. The van der Waals surface area contributed by atoms with Crippen molar-refractivity contribution < 1.29 is 19.0 Å². The van der Waals surface area contributed by atoms with Crippen LogP contribution in [-0.2, 0) is 15.9 Å². The summed E-state index contributed by atoms with van der Waals surface area (Å²) in [4.78, 5) is 21.1. The second-order valence-corrected chi connectivity index (χ2v) is 11.7. The van der Waals surface area contributed by atoms with Gasteiger partial charge in [0.05, 0.1) is 26.4 Å². The summed E-state index contributed by atoms with van der Waals surface area (Å²) in [6, 6.07) is 13.8. The number of nitrogens with one attached hydrogen (secondary N) is 1. The predicted octanol–water partition coefficient (Wildman–Crippen LogP) is 6.83. The monoisotopic (exact) mass is 567 g/mol. The molecule has 0 bridgehead atoms. The highest BCUT2D eigenvalue weighted by molar-refractivity contribution is 6.31. The molecule has 1 aromatic heterocycles. The highest BCUT2D eigenvalue weighted by atomic mass is 35.5. The van der Waals surface area contributed by atoms with E-state index in [1.54, 1.807) is 0 Å². The van der Waals surface area contributed by atoms with Crippen LogP contribution in [0.2, 0.25) is 5.02 Å². The van der Waals surface area contributed by atoms with Gasteiger partial charge in [0.15, 0.2) is 0 Å². The number of nitrogens with zero attached hydrogens (tertiary/aromatic N) is 2. The molecule has 2 aliphatic heterocycles. The van der Waals surface area contributed by atoms with E-state index in [0.29, 0.717) is 24.8 Å². The van der Waals surface area contributed by atoms with E-state index in [1.165, 1.54) is 31.4 Å². The van der Waals surface area contributed by atoms with E-state index in [2.05, 4.69) is 22.0 Å². The van der Waals surface area contributed by atoms with E-state index in [9.17, 15) is 4.79 Å². The van der Waals surface area contributed by atoms with Gasteiger partial charge in [-0.15, -0.1) is 0 Å². The average molecular weight is 568 g/mol. The highest BCUT2D eigenvalue weighted by Gasteiger charge is 2.35. The van der Waals surface area contributed by atoms with Crippen molar-refractivity contribution in [2.45, 2.75) is 52.0 Å². The van der Waals surface area contributed by atoms with Crippen molar-refractivity contribution in [3.05, 3.63) is 64.3 Å². The van der Waals surface area contributed by atoms with Crippen LogP contribution in [0.15, 0.2) is 42.5 Å². The fourth-order valence-electron chi connectivity index (χ4n) is 5.68. The van der Waals surface area contributed by atoms with E-state index in [0.717, 1.165) is 67.1 Å². The Bertz CT molecular complexity index is 1250. The summed E-state index contributed by atoms with van der Waals surface area (Å²) in [5.74, 6) is 1.13. The van der Waals surface area contributed by atoms with Gasteiger partial charge in [-0.25, -0.2) is 4.79 Å². The smallest absolute Gasteiger partial charge is 0.410 e. The predicted molar refractivity (Wildman–Crippen MR) is 159 cm³/mol. The molecule has 216 valence electrons. The third kappa shape index (κ3) is 7.12. The van der Waals surface area contributed by atoms with Gasteiger partial charge in [-0.05, 0) is 73.2 Å². The Morgan fingerprint density at radius 3 is 2.60 bits per heavy atom. The molecule has 1 unspecified atom stereocenters. The third-order valence-electron chi connectivity index (χ3n) is 7.80. The number of aromatic nitrogens is 1. The molecule has 0 saturated carbocycles. The highest BCUT2D eigenvalue weighted by Crippen LogP contribution is 2.39. The first-order valence-corrected chi connectivity index (χ1v) is 15.1. The number of unbranched alkanes of at least 4 members (excludes halogenated alkanes) is 3. The second-order valence-electron chi connectivity index (χ2n) is 11.3. The number of amides is 1. The summed E-state index contributed by atoms with van der Waals surface area (Å²) in [7, 11) is 0. The van der Waals surface area contributed by atoms with Gasteiger partial charge in [0.1, 0.15) is 11.8 Å². The minimum absolute atomic E-state index is 0.268. The number of rotatable bonds is 11. The van der Waals surface area contributed by atoms with Crippen molar-refractivity contribution in [3.63, 3.8) is 0 Å². The molecule has 2 aromatic carbocycles. The molecule has 0 radical (unpaired) electrons. The maximum atomic E-state index is 13.2. The zero-order valence-electron chi connectivity index (χ0n) is 23.8. The first-order valence-electron chi connectivity index (χ1n) is 14.8. The summed E-state index contributed by atoms with van der Waals surface area (Å²) in [6.45, 7) is 10.8. The summed E-state index contributed by atoms with van der Waals surface area (Å²) < 4.78 is 17.2. The molecule has 5 rings (SSSR count). The number of hydrogen-bond acceptors (Lipinski definition) is 5. The number of benzene rings is 2. The zero-order valence-corrected chi connectivity index (χ0v) is 24.5. The molecule has 7 nitrogen and oxygen atoms in total. The van der Waals surface area contributed by atoms with Gasteiger partial charge >= 0.3 is 6.09 Å². The molecule has 1 atom stereocenters. The molecular formula is C32H42ClN3O4. The van der Waals surface area contributed by atoms with Gasteiger partial charge in [-0.2, -0.15) is 0 Å². The molecule has 1 N–H and O–H groups in total. The lowest BCUT2D eigenvalue weighted by molar-refractivity contribution is 0.0371. The van der Waals surface area contributed by atoms with Gasteiger partial charge in [-0.1, -0.05) is 50.4 Å². The van der Waals surface area contributed by atoms with Gasteiger partial charge in [0, 0.05) is 41.3 Å². The molecule has 3 aromatic rings. The van der Waals surface area contributed by atoms with E-state index < -0.39 is 0 Å². The first-order chi connectivity index (χ1) is 19.5. The van der Waals surface area contributed by atoms with Crippen LogP contribution in [0.5, 0.6) is 5.75 Å². The standard InChI is InChI=1S/C32H42ClN3O4/c1-23(2)22-40-32(37)36-15-13-27-28-21-25(33)9-12-29(28)34-30(27)31(36)24-7-10-26(11-8-24)39-18-6-4-3-5-14-35-16-19-38-20-17-35/h7-12,21,23,31,34H,3-6,13-20,22H2,1-2H3. The van der Waals surface area contributed by atoms with Crippen LogP contribution < -0.4 is 4.74 Å². The maximum Gasteiger partial charge on any atom is 0.410 e. The SMILES string of the molecule is CC(C)COC(=O)N1CCc2c([nH]c3ccc(Cl)cc23)C1c1ccc(OCCCCCCN2CCOCC2)cc1. The minimum Gasteiger partial charge on any atom is -0.494 e. The molecule has 3 heterocycles. The van der Waals surface area contributed by atoms with Gasteiger partial charge < -0.3 is 19.2 Å². The topological polar surface area (TPSA) is 67.0 Å². The molecule has 2 aliphatic rings. The summed E-state index contributed by atoms with van der Waals surface area (Å²) in [5, 5.41) is 1.83. The van der Waals surface area contributed by atoms with Crippen LogP contribution in [0.1, 0.15) is 62.4 Å². The van der Waals surface area contributed by atoms with Crippen LogP contribution in [0, 0.1) is 5.92 Å². The molecule has 1 amide bonds. The van der Waals surface area contributed by atoms with E-state index in [4.69, 9.17) is 25.8 Å². The fraction of sp³-hybridized carbons (Fsp3) is 0.531. The zero-order chi connectivity index (χ0) is 27.9. The molecule has 1 fully saturated rings. The van der Waals surface area contributed by atoms with Crippen LogP contribution in [0.4, 0.5) is 4.79 Å². The van der Waals surface area contributed by atoms with Crippen LogP contribution >= 0.6 is 11.6 Å². The largest absolute Gasteiger partial charge is 0.494 e. The van der Waals surface area contributed by atoms with Crippen molar-refractivity contribution in [2.75, 3.05) is 52.6 Å². The number of aromatic amines is 1. The van der Waals surface area contributed by atoms with Crippen molar-refractivity contribution in [1.82, 2.24) is 14.8 Å². The van der Waals surface area contributed by atoms with E-state index in [1.807, 2.05) is 49.1 Å². The Balaban J connectivity index is 1.22.